The highest BCUT2D eigenvalue weighted by molar-refractivity contribution is 5.89. The Bertz CT molecular complexity index is 1550. The Morgan fingerprint density at radius 3 is 2.53 bits per heavy atom. The van der Waals surface area contributed by atoms with Crippen LogP contribution in [0, 0.1) is 17.8 Å². The molecule has 3 aliphatic rings. The van der Waals surface area contributed by atoms with Gasteiger partial charge in [-0.25, -0.2) is 4.79 Å². The van der Waals surface area contributed by atoms with Crippen LogP contribution in [0.25, 0.3) is 10.9 Å². The molecular formula is C35H42N2O8. The van der Waals surface area contributed by atoms with E-state index < -0.39 is 24.1 Å². The van der Waals surface area contributed by atoms with Gasteiger partial charge in [0.25, 0.3) is 0 Å². The predicted molar refractivity (Wildman–Crippen MR) is 166 cm³/mol. The van der Waals surface area contributed by atoms with Gasteiger partial charge in [-0.15, -0.1) is 0 Å². The summed E-state index contributed by atoms with van der Waals surface area (Å²) in [6.45, 7) is 3.84. The molecule has 2 aromatic carbocycles. The van der Waals surface area contributed by atoms with Crippen LogP contribution in [0.5, 0.6) is 5.75 Å². The molecule has 0 amide bonds. The van der Waals surface area contributed by atoms with Crippen molar-refractivity contribution in [2.24, 2.45) is 17.8 Å². The van der Waals surface area contributed by atoms with E-state index in [-0.39, 0.29) is 36.2 Å². The van der Waals surface area contributed by atoms with E-state index in [4.69, 9.17) is 23.7 Å². The molecule has 10 heteroatoms. The van der Waals surface area contributed by atoms with Gasteiger partial charge in [-0.3, -0.25) is 14.5 Å². The third kappa shape index (κ3) is 6.05. The number of fused-ring (bicyclic) bond motifs is 6. The maximum Gasteiger partial charge on any atom is 0.338 e. The number of carbonyl (C=O) groups excluding carboxylic acids is 3. The molecule has 1 N–H and O–H groups in total. The molecule has 0 spiro atoms. The zero-order valence-corrected chi connectivity index (χ0v) is 26.4. The summed E-state index contributed by atoms with van der Waals surface area (Å²) in [7, 11) is 4.65. The Hall–Kier alpha value is -3.89. The van der Waals surface area contributed by atoms with Gasteiger partial charge in [0.15, 0.2) is 0 Å². The number of carbonyl (C=O) groups is 3. The molecule has 10 nitrogen and oxygen atoms in total. The summed E-state index contributed by atoms with van der Waals surface area (Å²) in [5.41, 5.74) is 4.94. The molecule has 1 aromatic heterocycles. The molecule has 2 aliphatic heterocycles. The van der Waals surface area contributed by atoms with Crippen LogP contribution in [-0.4, -0.2) is 81.0 Å². The van der Waals surface area contributed by atoms with Crippen LogP contribution in [0.2, 0.25) is 0 Å². The highest BCUT2D eigenvalue weighted by Crippen LogP contribution is 2.50. The fourth-order valence-corrected chi connectivity index (χ4v) is 7.85. The van der Waals surface area contributed by atoms with Crippen molar-refractivity contribution in [3.63, 3.8) is 0 Å². The third-order valence-corrected chi connectivity index (χ3v) is 9.97. The molecule has 45 heavy (non-hydrogen) atoms. The van der Waals surface area contributed by atoms with Crippen LogP contribution >= 0.6 is 0 Å². The van der Waals surface area contributed by atoms with Crippen LogP contribution in [0.1, 0.15) is 59.4 Å². The summed E-state index contributed by atoms with van der Waals surface area (Å²) in [5, 5.41) is 1.22. The minimum absolute atomic E-state index is 0.00387. The van der Waals surface area contributed by atoms with E-state index >= 15 is 0 Å². The Labute approximate surface area is 263 Å². The number of aromatic nitrogens is 1. The van der Waals surface area contributed by atoms with Crippen LogP contribution < -0.4 is 4.74 Å². The first-order valence-corrected chi connectivity index (χ1v) is 15.8. The number of nitrogens with zero attached hydrogens (tertiary/aromatic N) is 1. The number of H-pyrrole nitrogens is 1. The minimum Gasteiger partial charge on any atom is -0.497 e. The van der Waals surface area contributed by atoms with Gasteiger partial charge in [0, 0.05) is 49.3 Å². The van der Waals surface area contributed by atoms with Crippen molar-refractivity contribution in [3.05, 3.63) is 64.8 Å². The normalized spacial score (nSPS) is 25.9. The summed E-state index contributed by atoms with van der Waals surface area (Å²) >= 11 is 0. The maximum atomic E-state index is 13.4. The third-order valence-electron chi connectivity index (χ3n) is 9.97. The van der Waals surface area contributed by atoms with Crippen molar-refractivity contribution >= 4 is 28.8 Å². The Morgan fingerprint density at radius 1 is 1.02 bits per heavy atom. The lowest BCUT2D eigenvalue weighted by molar-refractivity contribution is -0.176. The van der Waals surface area contributed by atoms with Gasteiger partial charge in [0.1, 0.15) is 18.0 Å². The summed E-state index contributed by atoms with van der Waals surface area (Å²) < 4.78 is 27.8. The average Bonchev–Trinajstić information content (AvgIpc) is 3.44. The number of hydrogen-bond donors (Lipinski definition) is 1. The molecule has 6 atom stereocenters. The molecule has 6 rings (SSSR count). The average molecular weight is 619 g/mol. The van der Waals surface area contributed by atoms with E-state index in [2.05, 4.69) is 16.0 Å². The fraction of sp³-hybridized carbons (Fsp3) is 0.514. The Kier molecular flexibility index (Phi) is 9.14. The highest BCUT2D eigenvalue weighted by Gasteiger charge is 2.54. The van der Waals surface area contributed by atoms with Gasteiger partial charge >= 0.3 is 17.9 Å². The van der Waals surface area contributed by atoms with Crippen molar-refractivity contribution in [1.29, 1.82) is 0 Å². The number of hydrogen-bond acceptors (Lipinski definition) is 9. The van der Waals surface area contributed by atoms with Gasteiger partial charge in [0.05, 0.1) is 38.3 Å². The number of rotatable bonds is 9. The van der Waals surface area contributed by atoms with Crippen LogP contribution in [0.15, 0.2) is 42.5 Å². The van der Waals surface area contributed by atoms with E-state index in [0.717, 1.165) is 42.8 Å². The van der Waals surface area contributed by atoms with Gasteiger partial charge in [0.2, 0.25) is 0 Å². The summed E-state index contributed by atoms with van der Waals surface area (Å²) in [5.74, 6) is -0.675. The topological polar surface area (TPSA) is 116 Å². The van der Waals surface area contributed by atoms with E-state index in [9.17, 15) is 14.4 Å². The predicted octanol–water partition coefficient (Wildman–Crippen LogP) is 4.64. The molecule has 3 aromatic rings. The second kappa shape index (κ2) is 13.2. The van der Waals surface area contributed by atoms with Crippen LogP contribution in [0.4, 0.5) is 0 Å². The molecule has 0 bridgehead atoms. The molecule has 1 saturated carbocycles. The quantitative estimate of drug-likeness (QED) is 0.270. The molecule has 1 saturated heterocycles. The molecule has 2 fully saturated rings. The van der Waals surface area contributed by atoms with Crippen molar-refractivity contribution in [1.82, 2.24) is 9.88 Å². The number of ether oxygens (including phenoxy) is 5. The largest absolute Gasteiger partial charge is 0.497 e. The summed E-state index contributed by atoms with van der Waals surface area (Å²) in [4.78, 5) is 44.6. The van der Waals surface area contributed by atoms with Crippen molar-refractivity contribution < 1.29 is 38.1 Å². The second-order valence-electron chi connectivity index (χ2n) is 12.3. The lowest BCUT2D eigenvalue weighted by Gasteiger charge is -2.52. The fourth-order valence-electron chi connectivity index (χ4n) is 7.85. The van der Waals surface area contributed by atoms with Gasteiger partial charge < -0.3 is 28.7 Å². The molecular weight excluding hydrogens is 576 g/mol. The first kappa shape index (κ1) is 31.1. The van der Waals surface area contributed by atoms with Crippen molar-refractivity contribution in [2.45, 2.75) is 57.3 Å². The number of benzene rings is 2. The molecule has 1 aliphatic carbocycles. The van der Waals surface area contributed by atoms with Crippen LogP contribution in [0.3, 0.4) is 0 Å². The second-order valence-corrected chi connectivity index (χ2v) is 12.3. The molecule has 0 unspecified atom stereocenters. The van der Waals surface area contributed by atoms with E-state index in [1.807, 2.05) is 24.3 Å². The van der Waals surface area contributed by atoms with Gasteiger partial charge in [-0.2, -0.15) is 0 Å². The zero-order valence-electron chi connectivity index (χ0n) is 26.4. The van der Waals surface area contributed by atoms with Crippen LogP contribution in [-0.2, 0) is 41.4 Å². The maximum absolute atomic E-state index is 13.4. The Morgan fingerprint density at radius 2 is 1.82 bits per heavy atom. The monoisotopic (exact) mass is 618 g/mol. The SMILES string of the molecule is CCOC(=O)CCc1ccc(C(=O)O[C@@H]2C[C@@H]3CN4CCc5c([nH]c6cc(OC)ccc56)[C@H]4C[C@@H]3[C@H](C(=O)OC)[C@H]2OC)cc1. The minimum atomic E-state index is -0.631. The number of piperidine rings is 1. The van der Waals surface area contributed by atoms with Gasteiger partial charge in [-0.05, 0) is 79.8 Å². The molecule has 3 heterocycles. The summed E-state index contributed by atoms with van der Waals surface area (Å²) in [6, 6.07) is 13.4. The molecule has 240 valence electrons. The lowest BCUT2D eigenvalue weighted by Crippen LogP contribution is -2.58. The van der Waals surface area contributed by atoms with E-state index in [0.29, 0.717) is 25.0 Å². The van der Waals surface area contributed by atoms with Crippen molar-refractivity contribution in [3.8, 4) is 5.75 Å². The number of nitrogens with one attached hydrogen (secondary N) is 1. The first-order chi connectivity index (χ1) is 21.8. The summed E-state index contributed by atoms with van der Waals surface area (Å²) in [6.07, 6.45) is 1.88. The lowest BCUT2D eigenvalue weighted by atomic mass is 9.63. The highest BCUT2D eigenvalue weighted by atomic mass is 16.6. The van der Waals surface area contributed by atoms with Gasteiger partial charge in [-0.1, -0.05) is 12.1 Å². The van der Waals surface area contributed by atoms with E-state index in [1.54, 1.807) is 33.3 Å². The number of esters is 3. The Balaban J connectivity index is 1.20. The van der Waals surface area contributed by atoms with Crippen molar-refractivity contribution in [2.75, 3.05) is 41.0 Å². The van der Waals surface area contributed by atoms with E-state index in [1.165, 1.54) is 23.8 Å². The first-order valence-electron chi connectivity index (χ1n) is 15.8. The number of aryl methyl sites for hydroxylation is 1. The number of aromatic amines is 1. The standard InChI is InChI=1S/C35H42N2O8/c1-5-44-30(38)13-8-20-6-9-21(10-7-20)34(39)45-29-16-22-19-37-15-14-25-24-12-11-23(41-2)17-27(24)36-32(25)28(37)18-26(22)31(33(29)42-3)35(40)43-4/h6-7,9-12,17,22,26,28-29,31,33,36H,5,8,13-16,18-19H2,1-4H3/t22-,26+,28-,29-,31+,33+/m1/s1. The number of methoxy groups -OCH3 is 3. The smallest absolute Gasteiger partial charge is 0.338 e. The molecule has 0 radical (unpaired) electrons. The zero-order chi connectivity index (χ0) is 31.7.